The normalized spacial score (nSPS) is 15.9. The van der Waals surface area contributed by atoms with Gasteiger partial charge in [-0.1, -0.05) is 30.3 Å². The molecule has 1 aliphatic rings. The number of benzene rings is 1. The van der Waals surface area contributed by atoms with Crippen LogP contribution in [0.2, 0.25) is 0 Å². The van der Waals surface area contributed by atoms with Gasteiger partial charge in [0.2, 0.25) is 0 Å². The van der Waals surface area contributed by atoms with E-state index >= 15 is 0 Å². The number of rotatable bonds is 6. The first-order valence-electron chi connectivity index (χ1n) is 8.76. The van der Waals surface area contributed by atoms with Crippen LogP contribution in [0.4, 0.5) is 5.82 Å². The molecule has 0 saturated carbocycles. The summed E-state index contributed by atoms with van der Waals surface area (Å²) in [5.74, 6) is 1.04. The van der Waals surface area contributed by atoms with E-state index in [4.69, 9.17) is 5.73 Å². The number of nitrogens with zero attached hydrogens (tertiary/aromatic N) is 4. The number of nitrogens with two attached hydrogens (primary N) is 1. The highest BCUT2D eigenvalue weighted by atomic mass is 15.2. The highest BCUT2D eigenvalue weighted by Crippen LogP contribution is 2.21. The van der Waals surface area contributed by atoms with Crippen molar-refractivity contribution >= 4 is 5.82 Å². The van der Waals surface area contributed by atoms with Crippen molar-refractivity contribution in [1.82, 2.24) is 14.9 Å². The first kappa shape index (κ1) is 16.9. The lowest BCUT2D eigenvalue weighted by Crippen LogP contribution is -2.43. The molecule has 3 rings (SSSR count). The van der Waals surface area contributed by atoms with Crippen molar-refractivity contribution in [3.63, 3.8) is 0 Å². The lowest BCUT2D eigenvalue weighted by Gasteiger charge is -2.37. The second-order valence-electron chi connectivity index (χ2n) is 6.53. The van der Waals surface area contributed by atoms with Crippen LogP contribution in [-0.4, -0.2) is 47.6 Å². The quantitative estimate of drug-likeness (QED) is 0.881. The number of aromatic nitrogens is 2. The van der Waals surface area contributed by atoms with Gasteiger partial charge in [-0.15, -0.1) is 0 Å². The van der Waals surface area contributed by atoms with Gasteiger partial charge in [0.1, 0.15) is 12.1 Å². The Hall–Kier alpha value is -1.98. The summed E-state index contributed by atoms with van der Waals surface area (Å²) in [4.78, 5) is 13.6. The molecular weight excluding hydrogens is 298 g/mol. The number of piperidine rings is 1. The third kappa shape index (κ3) is 4.30. The monoisotopic (exact) mass is 325 g/mol. The van der Waals surface area contributed by atoms with E-state index in [1.807, 2.05) is 0 Å². The fourth-order valence-corrected chi connectivity index (χ4v) is 3.38. The summed E-state index contributed by atoms with van der Waals surface area (Å²) < 4.78 is 0. The Morgan fingerprint density at radius 3 is 2.62 bits per heavy atom. The van der Waals surface area contributed by atoms with Gasteiger partial charge in [-0.3, -0.25) is 4.90 Å². The third-order valence-corrected chi connectivity index (χ3v) is 4.80. The Labute approximate surface area is 144 Å². The zero-order chi connectivity index (χ0) is 16.8. The average Bonchev–Trinajstić information content (AvgIpc) is 2.63. The Morgan fingerprint density at radius 1 is 1.17 bits per heavy atom. The molecule has 1 fully saturated rings. The first-order valence-corrected chi connectivity index (χ1v) is 8.76. The molecule has 0 atom stereocenters. The number of hydrogen-bond acceptors (Lipinski definition) is 5. The van der Waals surface area contributed by atoms with Crippen molar-refractivity contribution in [3.8, 4) is 0 Å². The van der Waals surface area contributed by atoms with Crippen LogP contribution in [0.5, 0.6) is 0 Å². The first-order chi connectivity index (χ1) is 11.8. The molecule has 1 aromatic heterocycles. The van der Waals surface area contributed by atoms with Crippen LogP contribution in [0.3, 0.4) is 0 Å². The van der Waals surface area contributed by atoms with Crippen LogP contribution >= 0.6 is 0 Å². The number of hydrogen-bond donors (Lipinski definition) is 1. The minimum absolute atomic E-state index is 0.628. The van der Waals surface area contributed by atoms with Crippen LogP contribution < -0.4 is 10.6 Å². The zero-order valence-corrected chi connectivity index (χ0v) is 14.4. The minimum Gasteiger partial charge on any atom is -0.356 e. The summed E-state index contributed by atoms with van der Waals surface area (Å²) >= 11 is 0. The molecule has 0 bridgehead atoms. The van der Waals surface area contributed by atoms with Gasteiger partial charge in [0.25, 0.3) is 0 Å². The standard InChI is InChI=1S/C19H27N5/c1-23(14-16-5-3-2-4-6-16)18-8-11-24(12-9-18)19-13-17(7-10-20)21-15-22-19/h2-6,13,15,18H,7-12,14,20H2,1H3. The molecule has 0 unspecified atom stereocenters. The van der Waals surface area contributed by atoms with Gasteiger partial charge >= 0.3 is 0 Å². The predicted octanol–water partition coefficient (Wildman–Crippen LogP) is 2.08. The molecule has 2 aromatic rings. The molecule has 24 heavy (non-hydrogen) atoms. The van der Waals surface area contributed by atoms with Crippen LogP contribution in [0, 0.1) is 0 Å². The molecule has 0 aliphatic carbocycles. The molecule has 5 nitrogen and oxygen atoms in total. The van der Waals surface area contributed by atoms with Crippen molar-refractivity contribution in [2.24, 2.45) is 5.73 Å². The van der Waals surface area contributed by atoms with Gasteiger partial charge in [0.05, 0.1) is 0 Å². The molecule has 2 heterocycles. The minimum atomic E-state index is 0.628. The fraction of sp³-hybridized carbons (Fsp3) is 0.474. The molecule has 2 N–H and O–H groups in total. The van der Waals surface area contributed by atoms with E-state index in [-0.39, 0.29) is 0 Å². The maximum Gasteiger partial charge on any atom is 0.132 e. The SMILES string of the molecule is CN(Cc1ccccc1)C1CCN(c2cc(CCN)ncn2)CC1. The van der Waals surface area contributed by atoms with E-state index < -0.39 is 0 Å². The predicted molar refractivity (Wildman–Crippen MR) is 97.9 cm³/mol. The summed E-state index contributed by atoms with van der Waals surface area (Å²) in [5.41, 5.74) is 8.04. The van der Waals surface area contributed by atoms with Crippen molar-refractivity contribution in [3.05, 3.63) is 54.0 Å². The van der Waals surface area contributed by atoms with E-state index in [2.05, 4.69) is 63.2 Å². The molecule has 128 valence electrons. The molecule has 1 saturated heterocycles. The highest BCUT2D eigenvalue weighted by molar-refractivity contribution is 5.39. The van der Waals surface area contributed by atoms with Crippen molar-refractivity contribution in [2.75, 3.05) is 31.6 Å². The van der Waals surface area contributed by atoms with Crippen LogP contribution in [0.25, 0.3) is 0 Å². The van der Waals surface area contributed by atoms with Crippen molar-refractivity contribution < 1.29 is 0 Å². The zero-order valence-electron chi connectivity index (χ0n) is 14.4. The summed E-state index contributed by atoms with van der Waals surface area (Å²) in [6.07, 6.45) is 4.80. The third-order valence-electron chi connectivity index (χ3n) is 4.80. The Balaban J connectivity index is 1.54. The van der Waals surface area contributed by atoms with E-state index in [0.29, 0.717) is 12.6 Å². The molecule has 5 heteroatoms. The van der Waals surface area contributed by atoms with Gasteiger partial charge in [-0.2, -0.15) is 0 Å². The van der Waals surface area contributed by atoms with Crippen LogP contribution in [-0.2, 0) is 13.0 Å². The summed E-state index contributed by atoms with van der Waals surface area (Å²) in [5, 5.41) is 0. The molecule has 0 spiro atoms. The highest BCUT2D eigenvalue weighted by Gasteiger charge is 2.23. The van der Waals surface area contributed by atoms with Crippen LogP contribution in [0.15, 0.2) is 42.7 Å². The Morgan fingerprint density at radius 2 is 1.92 bits per heavy atom. The lowest BCUT2D eigenvalue weighted by molar-refractivity contribution is 0.200. The van der Waals surface area contributed by atoms with E-state index in [1.54, 1.807) is 6.33 Å². The molecule has 1 aliphatic heterocycles. The number of anilines is 1. The second kappa shape index (κ2) is 8.22. The Bertz CT molecular complexity index is 623. The van der Waals surface area contributed by atoms with Crippen molar-refractivity contribution in [2.45, 2.75) is 31.8 Å². The van der Waals surface area contributed by atoms with Gasteiger partial charge in [-0.25, -0.2) is 9.97 Å². The summed E-state index contributed by atoms with van der Waals surface area (Å²) in [7, 11) is 2.23. The van der Waals surface area contributed by atoms with Gasteiger partial charge in [0.15, 0.2) is 0 Å². The van der Waals surface area contributed by atoms with Crippen LogP contribution in [0.1, 0.15) is 24.1 Å². The van der Waals surface area contributed by atoms with E-state index in [1.165, 1.54) is 18.4 Å². The molecule has 1 aromatic carbocycles. The van der Waals surface area contributed by atoms with Gasteiger partial charge < -0.3 is 10.6 Å². The molecular formula is C19H27N5. The summed E-state index contributed by atoms with van der Waals surface area (Å²) in [6.45, 7) is 3.73. The van der Waals surface area contributed by atoms with Gasteiger partial charge in [-0.05, 0) is 32.0 Å². The smallest absolute Gasteiger partial charge is 0.132 e. The topological polar surface area (TPSA) is 58.3 Å². The molecule has 0 amide bonds. The average molecular weight is 325 g/mol. The maximum absolute atomic E-state index is 5.62. The lowest BCUT2D eigenvalue weighted by atomic mass is 10.0. The maximum atomic E-state index is 5.62. The van der Waals surface area contributed by atoms with Gasteiger partial charge in [0, 0.05) is 43.9 Å². The second-order valence-corrected chi connectivity index (χ2v) is 6.53. The van der Waals surface area contributed by atoms with E-state index in [9.17, 15) is 0 Å². The summed E-state index contributed by atoms with van der Waals surface area (Å²) in [6, 6.07) is 13.4. The van der Waals surface area contributed by atoms with E-state index in [0.717, 1.165) is 37.6 Å². The van der Waals surface area contributed by atoms with Crippen molar-refractivity contribution in [1.29, 1.82) is 0 Å². The molecule has 0 radical (unpaired) electrons. The fourth-order valence-electron chi connectivity index (χ4n) is 3.38. The largest absolute Gasteiger partial charge is 0.356 e. The Kier molecular flexibility index (Phi) is 5.77.